The molecule has 0 spiro atoms. The fourth-order valence-corrected chi connectivity index (χ4v) is 1.87. The molecule has 2 aromatic heterocycles. The molecule has 0 fully saturated rings. The summed E-state index contributed by atoms with van der Waals surface area (Å²) >= 11 is 0. The standard InChI is InChI=1S/C14H12N2O2/c1-9-4-2-3-5-10(9)16-14(17)12-8-13-11(15-12)6-7-18-13/h2-8,15H,1H3,(H,16,17). The van der Waals surface area contributed by atoms with E-state index in [-0.39, 0.29) is 5.91 Å². The molecule has 0 bridgehead atoms. The number of rotatable bonds is 2. The van der Waals surface area contributed by atoms with Crippen molar-refractivity contribution >= 4 is 22.7 Å². The molecule has 0 aliphatic rings. The lowest BCUT2D eigenvalue weighted by molar-refractivity contribution is 0.102. The zero-order chi connectivity index (χ0) is 12.5. The van der Waals surface area contributed by atoms with Gasteiger partial charge in [0.05, 0.1) is 11.8 Å². The van der Waals surface area contributed by atoms with E-state index in [9.17, 15) is 4.79 Å². The molecule has 2 N–H and O–H groups in total. The highest BCUT2D eigenvalue weighted by atomic mass is 16.3. The molecule has 2 heterocycles. The second-order valence-electron chi connectivity index (χ2n) is 4.15. The summed E-state index contributed by atoms with van der Waals surface area (Å²) in [6.45, 7) is 1.95. The largest absolute Gasteiger partial charge is 0.463 e. The number of aromatic nitrogens is 1. The molecule has 3 aromatic rings. The van der Waals surface area contributed by atoms with E-state index in [1.807, 2.05) is 31.2 Å². The van der Waals surface area contributed by atoms with Crippen LogP contribution in [0.1, 0.15) is 16.1 Å². The van der Waals surface area contributed by atoms with Crippen LogP contribution >= 0.6 is 0 Å². The number of para-hydroxylation sites is 1. The maximum absolute atomic E-state index is 12.0. The fraction of sp³-hybridized carbons (Fsp3) is 0.0714. The van der Waals surface area contributed by atoms with Crippen molar-refractivity contribution < 1.29 is 9.21 Å². The highest BCUT2D eigenvalue weighted by Crippen LogP contribution is 2.18. The molecule has 18 heavy (non-hydrogen) atoms. The van der Waals surface area contributed by atoms with Gasteiger partial charge in [0.2, 0.25) is 0 Å². The minimum absolute atomic E-state index is 0.171. The van der Waals surface area contributed by atoms with Crippen LogP contribution in [0.4, 0.5) is 5.69 Å². The number of carbonyl (C=O) groups excluding carboxylic acids is 1. The van der Waals surface area contributed by atoms with Crippen LogP contribution in [0.25, 0.3) is 11.1 Å². The third-order valence-corrected chi connectivity index (χ3v) is 2.88. The maximum atomic E-state index is 12.0. The van der Waals surface area contributed by atoms with Gasteiger partial charge in [-0.25, -0.2) is 0 Å². The Labute approximate surface area is 104 Å². The molecule has 4 heteroatoms. The smallest absolute Gasteiger partial charge is 0.272 e. The van der Waals surface area contributed by atoms with E-state index in [1.165, 1.54) is 0 Å². The summed E-state index contributed by atoms with van der Waals surface area (Å²) in [7, 11) is 0. The number of fused-ring (bicyclic) bond motifs is 1. The van der Waals surface area contributed by atoms with E-state index in [0.29, 0.717) is 11.3 Å². The van der Waals surface area contributed by atoms with E-state index in [1.54, 1.807) is 18.4 Å². The Morgan fingerprint density at radius 2 is 2.11 bits per heavy atom. The van der Waals surface area contributed by atoms with Crippen LogP contribution < -0.4 is 5.32 Å². The molecule has 0 saturated heterocycles. The maximum Gasteiger partial charge on any atom is 0.272 e. The molecule has 90 valence electrons. The molecule has 0 aliphatic carbocycles. The van der Waals surface area contributed by atoms with Crippen LogP contribution in [0, 0.1) is 6.92 Å². The van der Waals surface area contributed by atoms with Gasteiger partial charge in [-0.15, -0.1) is 0 Å². The Kier molecular flexibility index (Phi) is 2.41. The Bertz CT molecular complexity index is 681. The van der Waals surface area contributed by atoms with Crippen LogP contribution in [0.5, 0.6) is 0 Å². The molecular weight excluding hydrogens is 228 g/mol. The second-order valence-corrected chi connectivity index (χ2v) is 4.15. The normalized spacial score (nSPS) is 10.7. The lowest BCUT2D eigenvalue weighted by Crippen LogP contribution is -2.12. The quantitative estimate of drug-likeness (QED) is 0.721. The summed E-state index contributed by atoms with van der Waals surface area (Å²) in [5, 5.41) is 2.87. The van der Waals surface area contributed by atoms with Crippen molar-refractivity contribution in [2.24, 2.45) is 0 Å². The highest BCUT2D eigenvalue weighted by molar-refractivity contribution is 6.05. The van der Waals surface area contributed by atoms with Crippen molar-refractivity contribution in [1.82, 2.24) is 4.98 Å². The van der Waals surface area contributed by atoms with Crippen LogP contribution in [-0.4, -0.2) is 10.9 Å². The highest BCUT2D eigenvalue weighted by Gasteiger charge is 2.11. The summed E-state index contributed by atoms with van der Waals surface area (Å²) in [5.41, 5.74) is 3.84. The molecule has 0 saturated carbocycles. The van der Waals surface area contributed by atoms with Crippen LogP contribution in [0.3, 0.4) is 0 Å². The molecule has 0 unspecified atom stereocenters. The number of benzene rings is 1. The Morgan fingerprint density at radius 1 is 1.28 bits per heavy atom. The number of hydrogen-bond donors (Lipinski definition) is 2. The average Bonchev–Trinajstić information content (AvgIpc) is 2.92. The van der Waals surface area contributed by atoms with E-state index in [4.69, 9.17) is 4.42 Å². The lowest BCUT2D eigenvalue weighted by atomic mass is 10.2. The van der Waals surface area contributed by atoms with Gasteiger partial charge in [-0.1, -0.05) is 18.2 Å². The first-order chi connectivity index (χ1) is 8.74. The Balaban J connectivity index is 1.87. The minimum Gasteiger partial charge on any atom is -0.463 e. The van der Waals surface area contributed by atoms with Crippen molar-refractivity contribution in [3.8, 4) is 0 Å². The van der Waals surface area contributed by atoms with Gasteiger partial charge in [0, 0.05) is 17.8 Å². The number of carbonyl (C=O) groups is 1. The monoisotopic (exact) mass is 240 g/mol. The van der Waals surface area contributed by atoms with E-state index >= 15 is 0 Å². The number of aryl methyl sites for hydroxylation is 1. The summed E-state index contributed by atoms with van der Waals surface area (Å²) in [5.74, 6) is -0.171. The topological polar surface area (TPSA) is 58.0 Å². The summed E-state index contributed by atoms with van der Waals surface area (Å²) < 4.78 is 5.21. The number of H-pyrrole nitrogens is 1. The van der Waals surface area contributed by atoms with Crippen LogP contribution in [-0.2, 0) is 0 Å². The molecule has 3 rings (SSSR count). The number of amides is 1. The molecule has 4 nitrogen and oxygen atoms in total. The summed E-state index contributed by atoms with van der Waals surface area (Å²) in [6, 6.07) is 11.1. The first kappa shape index (κ1) is 10.7. The average molecular weight is 240 g/mol. The summed E-state index contributed by atoms with van der Waals surface area (Å²) in [6.07, 6.45) is 1.59. The minimum atomic E-state index is -0.171. The van der Waals surface area contributed by atoms with Gasteiger partial charge >= 0.3 is 0 Å². The molecule has 0 atom stereocenters. The van der Waals surface area contributed by atoms with Gasteiger partial charge in [-0.2, -0.15) is 0 Å². The third kappa shape index (κ3) is 1.78. The molecular formula is C14H12N2O2. The predicted octanol–water partition coefficient (Wildman–Crippen LogP) is 3.32. The van der Waals surface area contributed by atoms with Crippen molar-refractivity contribution in [2.45, 2.75) is 6.92 Å². The first-order valence-corrected chi connectivity index (χ1v) is 5.67. The van der Waals surface area contributed by atoms with Gasteiger partial charge in [0.15, 0.2) is 5.58 Å². The Hall–Kier alpha value is -2.49. The predicted molar refractivity (Wildman–Crippen MR) is 69.7 cm³/mol. The molecule has 1 amide bonds. The number of aromatic amines is 1. The molecule has 0 aliphatic heterocycles. The second kappa shape index (κ2) is 4.07. The number of hydrogen-bond acceptors (Lipinski definition) is 2. The van der Waals surface area contributed by atoms with Crippen LogP contribution in [0.15, 0.2) is 47.1 Å². The first-order valence-electron chi connectivity index (χ1n) is 5.67. The van der Waals surface area contributed by atoms with Crippen LogP contribution in [0.2, 0.25) is 0 Å². The van der Waals surface area contributed by atoms with Crippen molar-refractivity contribution in [3.05, 3.63) is 53.9 Å². The van der Waals surface area contributed by atoms with Crippen molar-refractivity contribution in [1.29, 1.82) is 0 Å². The fourth-order valence-electron chi connectivity index (χ4n) is 1.87. The van der Waals surface area contributed by atoms with E-state index < -0.39 is 0 Å². The SMILES string of the molecule is Cc1ccccc1NC(=O)c1cc2occc2[nH]1. The third-order valence-electron chi connectivity index (χ3n) is 2.88. The van der Waals surface area contributed by atoms with Crippen molar-refractivity contribution in [2.75, 3.05) is 5.32 Å². The van der Waals surface area contributed by atoms with Gasteiger partial charge in [0.25, 0.3) is 5.91 Å². The van der Waals surface area contributed by atoms with E-state index in [2.05, 4.69) is 10.3 Å². The number of anilines is 1. The Morgan fingerprint density at radius 3 is 2.89 bits per heavy atom. The zero-order valence-electron chi connectivity index (χ0n) is 9.86. The van der Waals surface area contributed by atoms with Crippen molar-refractivity contribution in [3.63, 3.8) is 0 Å². The molecule has 1 aromatic carbocycles. The van der Waals surface area contributed by atoms with Gasteiger partial charge in [0.1, 0.15) is 5.69 Å². The number of furan rings is 1. The zero-order valence-corrected chi connectivity index (χ0v) is 9.86. The van der Waals surface area contributed by atoms with Gasteiger partial charge < -0.3 is 14.7 Å². The van der Waals surface area contributed by atoms with Gasteiger partial charge in [-0.3, -0.25) is 4.79 Å². The molecule has 0 radical (unpaired) electrons. The van der Waals surface area contributed by atoms with Gasteiger partial charge in [-0.05, 0) is 18.6 Å². The van der Waals surface area contributed by atoms with E-state index in [0.717, 1.165) is 16.8 Å². The number of nitrogens with one attached hydrogen (secondary N) is 2. The summed E-state index contributed by atoms with van der Waals surface area (Å²) in [4.78, 5) is 15.1. The lowest BCUT2D eigenvalue weighted by Gasteiger charge is -2.06.